The van der Waals surface area contributed by atoms with Gasteiger partial charge in [0.25, 0.3) is 0 Å². The number of hydrogen-bond donors (Lipinski definition) is 1. The minimum absolute atomic E-state index is 0.318. The van der Waals surface area contributed by atoms with Crippen LogP contribution >= 0.6 is 0 Å². The molecule has 0 bridgehead atoms. The molecule has 1 amide bonds. The molecule has 1 fully saturated rings. The zero-order valence-electron chi connectivity index (χ0n) is 19.8. The molecular formula is C25H35N3O4S. The Morgan fingerprint density at radius 1 is 1.09 bits per heavy atom. The summed E-state index contributed by atoms with van der Waals surface area (Å²) in [6, 6.07) is 14.1. The van der Waals surface area contributed by atoms with Gasteiger partial charge in [-0.1, -0.05) is 31.2 Å². The SMILES string of the molecule is CCOc1ccc(N([C@@H](CC)C(=O)NCc2cccc(CN3CCCC3)c2)S(C)(=O)=O)cc1. The number of sulfonamides is 1. The summed E-state index contributed by atoms with van der Waals surface area (Å²) in [6.07, 6.45) is 3.97. The molecule has 1 heterocycles. The van der Waals surface area contributed by atoms with Gasteiger partial charge >= 0.3 is 0 Å². The molecule has 2 aromatic carbocycles. The third kappa shape index (κ3) is 6.95. The summed E-state index contributed by atoms with van der Waals surface area (Å²) in [5.74, 6) is 0.336. The standard InChI is InChI=1S/C25H35N3O4S/c1-4-24(28(33(3,30)31)22-11-13-23(14-12-22)32-5-2)25(29)26-18-20-9-8-10-21(17-20)19-27-15-6-7-16-27/h8-14,17,24H,4-7,15-16,18-19H2,1-3H3,(H,26,29)/t24-/m0/s1. The molecule has 2 aromatic rings. The first-order valence-corrected chi connectivity index (χ1v) is 13.5. The number of amides is 1. The van der Waals surface area contributed by atoms with Crippen LogP contribution in [-0.4, -0.2) is 51.2 Å². The molecule has 33 heavy (non-hydrogen) atoms. The first-order chi connectivity index (χ1) is 15.8. The fourth-order valence-corrected chi connectivity index (χ4v) is 5.47. The van der Waals surface area contributed by atoms with Crippen LogP contribution < -0.4 is 14.4 Å². The molecule has 1 atom stereocenters. The van der Waals surface area contributed by atoms with Crippen molar-refractivity contribution in [2.24, 2.45) is 0 Å². The average molecular weight is 474 g/mol. The summed E-state index contributed by atoms with van der Waals surface area (Å²) in [5.41, 5.74) is 2.67. The molecule has 1 aliphatic rings. The predicted molar refractivity (Wildman–Crippen MR) is 132 cm³/mol. The van der Waals surface area contributed by atoms with Gasteiger partial charge in [0, 0.05) is 13.1 Å². The highest BCUT2D eigenvalue weighted by atomic mass is 32.2. The number of nitrogens with one attached hydrogen (secondary N) is 1. The van der Waals surface area contributed by atoms with Crippen LogP contribution in [0.5, 0.6) is 5.75 Å². The van der Waals surface area contributed by atoms with Gasteiger partial charge in [0.15, 0.2) is 0 Å². The monoisotopic (exact) mass is 473 g/mol. The molecule has 8 heteroatoms. The molecule has 0 unspecified atom stereocenters. The molecule has 0 aromatic heterocycles. The van der Waals surface area contributed by atoms with Crippen LogP contribution in [0.4, 0.5) is 5.69 Å². The van der Waals surface area contributed by atoms with Crippen LogP contribution in [0.1, 0.15) is 44.2 Å². The minimum Gasteiger partial charge on any atom is -0.494 e. The Kier molecular flexibility index (Phi) is 8.74. The maximum Gasteiger partial charge on any atom is 0.244 e. The molecular weight excluding hydrogens is 438 g/mol. The normalized spacial score (nSPS) is 15.2. The Balaban J connectivity index is 1.70. The quantitative estimate of drug-likeness (QED) is 0.540. The molecule has 3 rings (SSSR count). The predicted octanol–water partition coefficient (Wildman–Crippen LogP) is 3.54. The lowest BCUT2D eigenvalue weighted by molar-refractivity contribution is -0.122. The Morgan fingerprint density at radius 2 is 1.76 bits per heavy atom. The van der Waals surface area contributed by atoms with Crippen molar-refractivity contribution in [1.82, 2.24) is 10.2 Å². The Labute approximate surface area is 197 Å². The van der Waals surface area contributed by atoms with Gasteiger partial charge in [0.2, 0.25) is 15.9 Å². The van der Waals surface area contributed by atoms with Gasteiger partial charge in [0.05, 0.1) is 18.6 Å². The topological polar surface area (TPSA) is 79.0 Å². The number of carbonyl (C=O) groups is 1. The molecule has 1 N–H and O–H groups in total. The molecule has 0 aliphatic carbocycles. The molecule has 1 saturated heterocycles. The Bertz CT molecular complexity index is 1020. The van der Waals surface area contributed by atoms with E-state index in [9.17, 15) is 13.2 Å². The summed E-state index contributed by atoms with van der Waals surface area (Å²) >= 11 is 0. The lowest BCUT2D eigenvalue weighted by Crippen LogP contribution is -2.49. The summed E-state index contributed by atoms with van der Waals surface area (Å²) in [7, 11) is -3.68. The number of rotatable bonds is 11. The second-order valence-corrected chi connectivity index (χ2v) is 10.3. The number of benzene rings is 2. The van der Waals surface area contributed by atoms with Crippen LogP contribution in [0.25, 0.3) is 0 Å². The molecule has 1 aliphatic heterocycles. The Morgan fingerprint density at radius 3 is 2.36 bits per heavy atom. The van der Waals surface area contributed by atoms with Crippen molar-refractivity contribution in [1.29, 1.82) is 0 Å². The van der Waals surface area contributed by atoms with E-state index in [1.54, 1.807) is 24.3 Å². The highest BCUT2D eigenvalue weighted by Gasteiger charge is 2.31. The van der Waals surface area contributed by atoms with Crippen molar-refractivity contribution < 1.29 is 17.9 Å². The summed E-state index contributed by atoms with van der Waals surface area (Å²) < 4.78 is 31.9. The number of anilines is 1. The molecule has 0 saturated carbocycles. The first kappa shape index (κ1) is 25.1. The zero-order valence-corrected chi connectivity index (χ0v) is 20.6. The third-order valence-electron chi connectivity index (χ3n) is 5.79. The van der Waals surface area contributed by atoms with Crippen molar-refractivity contribution >= 4 is 21.6 Å². The number of hydrogen-bond acceptors (Lipinski definition) is 5. The maximum absolute atomic E-state index is 13.1. The average Bonchev–Trinajstić information content (AvgIpc) is 3.29. The van der Waals surface area contributed by atoms with E-state index in [-0.39, 0.29) is 5.91 Å². The van der Waals surface area contributed by atoms with E-state index in [0.717, 1.165) is 31.5 Å². The van der Waals surface area contributed by atoms with Crippen LogP contribution in [0.2, 0.25) is 0 Å². The lowest BCUT2D eigenvalue weighted by atomic mass is 10.1. The van der Waals surface area contributed by atoms with Gasteiger partial charge in [-0.3, -0.25) is 14.0 Å². The van der Waals surface area contributed by atoms with Crippen LogP contribution in [0.15, 0.2) is 48.5 Å². The van der Waals surface area contributed by atoms with Gasteiger partial charge in [-0.05, 0) is 74.7 Å². The molecule has 7 nitrogen and oxygen atoms in total. The lowest BCUT2D eigenvalue weighted by Gasteiger charge is -2.30. The fraction of sp³-hybridized carbons (Fsp3) is 0.480. The van der Waals surface area contributed by atoms with E-state index in [1.165, 1.54) is 22.7 Å². The first-order valence-electron chi connectivity index (χ1n) is 11.6. The fourth-order valence-electron chi connectivity index (χ4n) is 4.26. The smallest absolute Gasteiger partial charge is 0.244 e. The highest BCUT2D eigenvalue weighted by molar-refractivity contribution is 7.92. The van der Waals surface area contributed by atoms with Crippen LogP contribution in [0, 0.1) is 0 Å². The Hall–Kier alpha value is -2.58. The number of likely N-dealkylation sites (tertiary alicyclic amines) is 1. The van der Waals surface area contributed by atoms with Gasteiger partial charge in [-0.25, -0.2) is 8.42 Å². The van der Waals surface area contributed by atoms with E-state index in [0.29, 0.717) is 31.0 Å². The summed E-state index contributed by atoms with van der Waals surface area (Å²) in [4.78, 5) is 15.5. The highest BCUT2D eigenvalue weighted by Crippen LogP contribution is 2.25. The second kappa shape index (κ2) is 11.5. The summed E-state index contributed by atoms with van der Waals surface area (Å²) in [6.45, 7) is 7.75. The molecule has 180 valence electrons. The van der Waals surface area contributed by atoms with E-state index >= 15 is 0 Å². The van der Waals surface area contributed by atoms with Crippen LogP contribution in [0.3, 0.4) is 0 Å². The van der Waals surface area contributed by atoms with Gasteiger partial charge in [-0.2, -0.15) is 0 Å². The third-order valence-corrected chi connectivity index (χ3v) is 6.97. The van der Waals surface area contributed by atoms with Crippen molar-refractivity contribution in [3.63, 3.8) is 0 Å². The maximum atomic E-state index is 13.1. The van der Waals surface area contributed by atoms with E-state index in [1.807, 2.05) is 26.0 Å². The number of ether oxygens (including phenoxy) is 1. The number of nitrogens with zero attached hydrogens (tertiary/aromatic N) is 2. The van der Waals surface area contributed by atoms with Crippen LogP contribution in [-0.2, 0) is 27.9 Å². The van der Waals surface area contributed by atoms with Crippen molar-refractivity contribution in [2.45, 2.75) is 52.2 Å². The van der Waals surface area contributed by atoms with E-state index in [2.05, 4.69) is 22.3 Å². The van der Waals surface area contributed by atoms with Crippen molar-refractivity contribution in [3.05, 3.63) is 59.7 Å². The molecule has 0 radical (unpaired) electrons. The summed E-state index contributed by atoms with van der Waals surface area (Å²) in [5, 5.41) is 2.94. The van der Waals surface area contributed by atoms with E-state index < -0.39 is 16.1 Å². The minimum atomic E-state index is -3.68. The second-order valence-electron chi connectivity index (χ2n) is 8.43. The van der Waals surface area contributed by atoms with Gasteiger partial charge in [0.1, 0.15) is 11.8 Å². The molecule has 0 spiro atoms. The number of carbonyl (C=O) groups excluding carboxylic acids is 1. The largest absolute Gasteiger partial charge is 0.494 e. The zero-order chi connectivity index (χ0) is 23.8. The van der Waals surface area contributed by atoms with Crippen molar-refractivity contribution in [3.8, 4) is 5.75 Å². The van der Waals surface area contributed by atoms with E-state index in [4.69, 9.17) is 4.74 Å². The van der Waals surface area contributed by atoms with Crippen molar-refractivity contribution in [2.75, 3.05) is 30.3 Å². The van der Waals surface area contributed by atoms with Gasteiger partial charge < -0.3 is 10.1 Å². The van der Waals surface area contributed by atoms with Gasteiger partial charge in [-0.15, -0.1) is 0 Å².